The molecule has 102 valence electrons. The van der Waals surface area contributed by atoms with Crippen molar-refractivity contribution in [1.29, 1.82) is 0 Å². The fourth-order valence-corrected chi connectivity index (χ4v) is 5.57. The molecular weight excluding hydrogens is 249 g/mol. The number of rotatable bonds is 6. The van der Waals surface area contributed by atoms with Crippen LogP contribution in [0.1, 0.15) is 19.8 Å². The summed E-state index contributed by atoms with van der Waals surface area (Å²) in [4.78, 5) is 0. The molecule has 1 N–H and O–H groups in total. The predicted molar refractivity (Wildman–Crippen MR) is 89.3 cm³/mol. The Balaban J connectivity index is 2.33. The fraction of sp³-hybridized carbons (Fsp3) is 0.294. The number of hydrogen-bond acceptors (Lipinski definition) is 1. The number of benzene rings is 2. The van der Waals surface area contributed by atoms with Crippen LogP contribution in [0.3, 0.4) is 0 Å². The molecule has 1 nitrogen and oxygen atoms in total. The summed E-state index contributed by atoms with van der Waals surface area (Å²) in [5.74, 6) is 0. The maximum absolute atomic E-state index is 3.87. The van der Waals surface area contributed by atoms with Gasteiger partial charge in [0.1, 0.15) is 0 Å². The van der Waals surface area contributed by atoms with E-state index in [4.69, 9.17) is 0 Å². The third-order valence-corrected chi connectivity index (χ3v) is 7.64. The molecule has 2 heteroatoms. The summed E-state index contributed by atoms with van der Waals surface area (Å²) in [5.41, 5.74) is 0. The third-order valence-electron chi connectivity index (χ3n) is 3.71. The van der Waals surface area contributed by atoms with E-state index in [0.29, 0.717) is 0 Å². The molecule has 0 saturated carbocycles. The van der Waals surface area contributed by atoms with E-state index >= 15 is 0 Å². The van der Waals surface area contributed by atoms with Crippen molar-refractivity contribution in [2.45, 2.75) is 19.8 Å². The van der Waals surface area contributed by atoms with Crippen molar-refractivity contribution in [1.82, 2.24) is 5.09 Å². The van der Waals surface area contributed by atoms with Gasteiger partial charge in [0.05, 0.1) is 0 Å². The zero-order chi connectivity index (χ0) is 13.6. The van der Waals surface area contributed by atoms with Crippen LogP contribution in [0.5, 0.6) is 0 Å². The molecule has 19 heavy (non-hydrogen) atoms. The molecule has 0 aliphatic heterocycles. The third kappa shape index (κ3) is 3.43. The van der Waals surface area contributed by atoms with E-state index in [1.807, 2.05) is 0 Å². The Morgan fingerprint density at radius 1 is 0.842 bits per heavy atom. The number of nitrogens with one attached hydrogen (secondary N) is 1. The Bertz CT molecular complexity index is 442. The van der Waals surface area contributed by atoms with Gasteiger partial charge in [0.15, 0.2) is 0 Å². The molecule has 0 aromatic heterocycles. The monoisotopic (exact) mass is 273 g/mol. The minimum absolute atomic E-state index is 1.10. The van der Waals surface area contributed by atoms with E-state index in [0.717, 1.165) is 6.54 Å². The average Bonchev–Trinajstić information content (AvgIpc) is 2.49. The Labute approximate surface area is 117 Å². The Hall–Kier alpha value is -1.17. The summed E-state index contributed by atoms with van der Waals surface area (Å²) in [6.45, 7) is 5.75. The van der Waals surface area contributed by atoms with E-state index in [2.05, 4.69) is 79.3 Å². The number of hydrogen-bond donors (Lipinski definition) is 1. The summed E-state index contributed by atoms with van der Waals surface area (Å²) in [6, 6.07) is 21.8. The summed E-state index contributed by atoms with van der Waals surface area (Å²) in [7, 11) is -1.79. The second-order valence-corrected chi connectivity index (χ2v) is 8.90. The van der Waals surface area contributed by atoms with Gasteiger partial charge >= 0.3 is 117 Å². The molecule has 0 unspecified atom stereocenters. The van der Waals surface area contributed by atoms with Gasteiger partial charge < -0.3 is 0 Å². The van der Waals surface area contributed by atoms with Gasteiger partial charge in [-0.2, -0.15) is 0 Å². The maximum atomic E-state index is 3.87. The van der Waals surface area contributed by atoms with Crippen LogP contribution in [0.15, 0.2) is 60.7 Å². The van der Waals surface area contributed by atoms with Crippen LogP contribution >= 0.6 is 7.41 Å². The summed E-state index contributed by atoms with van der Waals surface area (Å²) >= 11 is 0. The van der Waals surface area contributed by atoms with Crippen molar-refractivity contribution in [2.75, 3.05) is 13.2 Å². The Morgan fingerprint density at radius 3 is 1.74 bits per heavy atom. The van der Waals surface area contributed by atoms with Gasteiger partial charge in [-0.25, -0.2) is 0 Å². The van der Waals surface area contributed by atoms with Gasteiger partial charge in [0, 0.05) is 0 Å². The van der Waals surface area contributed by atoms with Gasteiger partial charge in [-0.15, -0.1) is 0 Å². The minimum atomic E-state index is -1.79. The van der Waals surface area contributed by atoms with Crippen LogP contribution in [-0.2, 0) is 0 Å². The molecule has 0 spiro atoms. The van der Waals surface area contributed by atoms with Gasteiger partial charge in [-0.05, 0) is 0 Å². The molecule has 0 aliphatic rings. The normalized spacial score (nSPS) is 12.3. The Kier molecular flexibility index (Phi) is 5.13. The molecule has 0 fully saturated rings. The molecule has 0 aliphatic carbocycles. The molecule has 0 saturated heterocycles. The van der Waals surface area contributed by atoms with Crippen LogP contribution in [0, 0.1) is 0 Å². The first-order valence-corrected chi connectivity index (χ1v) is 9.63. The van der Waals surface area contributed by atoms with Crippen LogP contribution in [0.2, 0.25) is 0 Å². The topological polar surface area (TPSA) is 12.0 Å². The molecule has 0 amide bonds. The van der Waals surface area contributed by atoms with Gasteiger partial charge in [-0.3, -0.25) is 0 Å². The first-order chi connectivity index (χ1) is 9.27. The summed E-state index contributed by atoms with van der Waals surface area (Å²) < 4.78 is 0. The first kappa shape index (κ1) is 14.2. The molecule has 2 aromatic carbocycles. The van der Waals surface area contributed by atoms with Crippen LogP contribution in [-0.4, -0.2) is 13.2 Å². The van der Waals surface area contributed by atoms with Gasteiger partial charge in [-0.1, -0.05) is 0 Å². The standard InChI is InChI=1S/C17H24NP/c1-3-4-15-18-19(2,16-11-7-5-8-12-16)17-13-9-6-10-14-17/h5-14,18-19H,3-4,15H2,1-2H3. The molecule has 2 aromatic rings. The van der Waals surface area contributed by atoms with E-state index in [9.17, 15) is 0 Å². The van der Waals surface area contributed by atoms with E-state index in [-0.39, 0.29) is 0 Å². The van der Waals surface area contributed by atoms with Crippen LogP contribution in [0.25, 0.3) is 0 Å². The average molecular weight is 273 g/mol. The van der Waals surface area contributed by atoms with Crippen molar-refractivity contribution < 1.29 is 0 Å². The molecule has 0 bridgehead atoms. The fourth-order valence-electron chi connectivity index (χ4n) is 2.43. The first-order valence-electron chi connectivity index (χ1n) is 7.13. The van der Waals surface area contributed by atoms with Crippen LogP contribution < -0.4 is 15.7 Å². The number of unbranched alkanes of at least 4 members (excludes halogenated alkanes) is 1. The zero-order valence-corrected chi connectivity index (χ0v) is 12.9. The summed E-state index contributed by atoms with van der Waals surface area (Å²) in [5, 5.41) is 6.78. The zero-order valence-electron chi connectivity index (χ0n) is 11.9. The van der Waals surface area contributed by atoms with E-state index in [1.165, 1.54) is 23.5 Å². The second-order valence-electron chi connectivity index (χ2n) is 5.14. The summed E-state index contributed by atoms with van der Waals surface area (Å²) in [6.07, 6.45) is 2.48. The molecule has 0 heterocycles. The van der Waals surface area contributed by atoms with Crippen LogP contribution in [0.4, 0.5) is 0 Å². The van der Waals surface area contributed by atoms with E-state index in [1.54, 1.807) is 0 Å². The van der Waals surface area contributed by atoms with Gasteiger partial charge in [0.2, 0.25) is 0 Å². The van der Waals surface area contributed by atoms with E-state index < -0.39 is 7.41 Å². The van der Waals surface area contributed by atoms with Crippen molar-refractivity contribution in [3.63, 3.8) is 0 Å². The quantitative estimate of drug-likeness (QED) is 0.629. The van der Waals surface area contributed by atoms with Crippen molar-refractivity contribution in [2.24, 2.45) is 0 Å². The Morgan fingerprint density at radius 2 is 1.32 bits per heavy atom. The van der Waals surface area contributed by atoms with Crippen molar-refractivity contribution in [3.05, 3.63) is 60.7 Å². The van der Waals surface area contributed by atoms with Gasteiger partial charge in [0.25, 0.3) is 0 Å². The predicted octanol–water partition coefficient (Wildman–Crippen LogP) is 3.32. The van der Waals surface area contributed by atoms with Crippen molar-refractivity contribution >= 4 is 18.0 Å². The molecular formula is C17H24NP. The molecule has 2 rings (SSSR count). The van der Waals surface area contributed by atoms with Crippen molar-refractivity contribution in [3.8, 4) is 0 Å². The second kappa shape index (κ2) is 6.84. The SMILES string of the molecule is CCCCN[PH](C)(c1ccccc1)c1ccccc1. The molecule has 0 atom stereocenters. The molecule has 0 radical (unpaired) electrons.